The van der Waals surface area contributed by atoms with Crippen molar-refractivity contribution in [2.75, 3.05) is 5.75 Å². The Morgan fingerprint density at radius 3 is 2.82 bits per heavy atom. The molecule has 3 heterocycles. The molecule has 4 rings (SSSR count). The summed E-state index contributed by atoms with van der Waals surface area (Å²) >= 11 is 0. The van der Waals surface area contributed by atoms with Gasteiger partial charge in [0.1, 0.15) is 0 Å². The summed E-state index contributed by atoms with van der Waals surface area (Å²) in [7, 11) is -3.99. The van der Waals surface area contributed by atoms with Gasteiger partial charge in [-0.15, -0.1) is 0 Å². The van der Waals surface area contributed by atoms with Gasteiger partial charge in [0, 0.05) is 30.0 Å². The molecule has 1 saturated carbocycles. The van der Waals surface area contributed by atoms with Crippen LogP contribution in [0.3, 0.4) is 0 Å². The third-order valence-electron chi connectivity index (χ3n) is 5.33. The Hall–Kier alpha value is -2.14. The molecule has 0 radical (unpaired) electrons. The van der Waals surface area contributed by atoms with E-state index < -0.39 is 34.4 Å². The molecule has 28 heavy (non-hydrogen) atoms. The number of hydrogen-bond acceptors (Lipinski definition) is 4. The van der Waals surface area contributed by atoms with Crippen molar-refractivity contribution >= 4 is 26.8 Å². The van der Waals surface area contributed by atoms with Gasteiger partial charge in [0.2, 0.25) is 10.0 Å². The summed E-state index contributed by atoms with van der Waals surface area (Å²) in [6.45, 7) is 2.02. The zero-order chi connectivity index (χ0) is 20.1. The number of sulfonamides is 1. The van der Waals surface area contributed by atoms with Crippen LogP contribution in [0.5, 0.6) is 0 Å². The van der Waals surface area contributed by atoms with E-state index in [2.05, 4.69) is 19.7 Å². The van der Waals surface area contributed by atoms with Crippen molar-refractivity contribution < 1.29 is 21.6 Å². The average Bonchev–Trinajstić information content (AvgIpc) is 3.29. The molecule has 0 amide bonds. The molecule has 1 aliphatic carbocycles. The van der Waals surface area contributed by atoms with Crippen LogP contribution in [0, 0.1) is 5.92 Å². The van der Waals surface area contributed by atoms with Crippen LogP contribution in [0.4, 0.5) is 13.2 Å². The maximum atomic E-state index is 12.3. The molecule has 0 saturated heterocycles. The minimum absolute atomic E-state index is 0.0332. The molecule has 0 bridgehead atoms. The molecule has 3 atom stereocenters. The third-order valence-corrected chi connectivity index (χ3v) is 6.77. The number of nitrogens with one attached hydrogen (secondary N) is 2. The van der Waals surface area contributed by atoms with Crippen LogP contribution in [0.15, 0.2) is 24.7 Å². The maximum absolute atomic E-state index is 12.3. The van der Waals surface area contributed by atoms with E-state index in [1.807, 2.05) is 17.4 Å². The Bertz CT molecular complexity index is 1110. The first-order chi connectivity index (χ1) is 13.1. The lowest BCUT2D eigenvalue weighted by atomic mass is 9.95. The van der Waals surface area contributed by atoms with Crippen LogP contribution in [-0.2, 0) is 10.0 Å². The number of aromatic nitrogens is 4. The third kappa shape index (κ3) is 3.72. The van der Waals surface area contributed by atoms with E-state index in [0.717, 1.165) is 16.9 Å². The second kappa shape index (κ2) is 6.73. The quantitative estimate of drug-likeness (QED) is 0.670. The van der Waals surface area contributed by atoms with Gasteiger partial charge in [-0.2, -0.15) is 13.2 Å². The Balaban J connectivity index is 1.55. The Morgan fingerprint density at radius 2 is 2.07 bits per heavy atom. The van der Waals surface area contributed by atoms with Crippen molar-refractivity contribution in [1.82, 2.24) is 24.1 Å². The van der Waals surface area contributed by atoms with Crippen LogP contribution in [0.1, 0.15) is 37.8 Å². The Kier molecular flexibility index (Phi) is 4.61. The molecule has 1 aliphatic rings. The van der Waals surface area contributed by atoms with Crippen molar-refractivity contribution in [3.05, 3.63) is 30.4 Å². The Morgan fingerprint density at radius 1 is 1.29 bits per heavy atom. The highest BCUT2D eigenvalue weighted by atomic mass is 32.2. The molecule has 2 N–H and O–H groups in total. The number of imidazole rings is 1. The van der Waals surface area contributed by atoms with Crippen molar-refractivity contribution in [1.29, 1.82) is 0 Å². The summed E-state index contributed by atoms with van der Waals surface area (Å²) < 4.78 is 65.6. The van der Waals surface area contributed by atoms with Gasteiger partial charge in [0.05, 0.1) is 23.9 Å². The van der Waals surface area contributed by atoms with Gasteiger partial charge in [-0.3, -0.25) is 4.40 Å². The second-order valence-electron chi connectivity index (χ2n) is 7.40. The van der Waals surface area contributed by atoms with E-state index in [0.29, 0.717) is 18.5 Å². The summed E-state index contributed by atoms with van der Waals surface area (Å²) in [5, 5.41) is 0. The van der Waals surface area contributed by atoms with Crippen molar-refractivity contribution in [3.63, 3.8) is 0 Å². The number of halogens is 3. The summed E-state index contributed by atoms with van der Waals surface area (Å²) in [6.07, 6.45) is 0.451. The van der Waals surface area contributed by atoms with Gasteiger partial charge in [0.25, 0.3) is 0 Å². The number of nitrogens with zero attached hydrogens (tertiary/aromatic N) is 3. The van der Waals surface area contributed by atoms with Crippen molar-refractivity contribution in [2.24, 2.45) is 5.92 Å². The molecule has 152 valence electrons. The summed E-state index contributed by atoms with van der Waals surface area (Å²) in [6, 6.07) is 1.50. The zero-order valence-electron chi connectivity index (χ0n) is 15.1. The van der Waals surface area contributed by atoms with E-state index in [9.17, 15) is 21.6 Å². The molecular formula is C17H20F3N5O2S. The first kappa shape index (κ1) is 19.2. The van der Waals surface area contributed by atoms with Gasteiger partial charge in [-0.1, -0.05) is 6.92 Å². The monoisotopic (exact) mass is 415 g/mol. The zero-order valence-corrected chi connectivity index (χ0v) is 15.9. The molecule has 11 heteroatoms. The highest BCUT2D eigenvalue weighted by molar-refractivity contribution is 7.89. The minimum atomic E-state index is -4.49. The van der Waals surface area contributed by atoms with Gasteiger partial charge < -0.3 is 4.98 Å². The highest BCUT2D eigenvalue weighted by Gasteiger charge is 2.37. The van der Waals surface area contributed by atoms with Crippen LogP contribution in [-0.4, -0.2) is 45.7 Å². The van der Waals surface area contributed by atoms with Crippen LogP contribution >= 0.6 is 0 Å². The number of fused-ring (bicyclic) bond motifs is 3. The lowest BCUT2D eigenvalue weighted by Gasteiger charge is -2.15. The highest BCUT2D eigenvalue weighted by Crippen LogP contribution is 2.40. The second-order valence-corrected chi connectivity index (χ2v) is 9.27. The summed E-state index contributed by atoms with van der Waals surface area (Å²) in [5.74, 6) is -0.764. The number of alkyl halides is 3. The first-order valence-corrected chi connectivity index (χ1v) is 10.6. The molecule has 7 nitrogen and oxygen atoms in total. The minimum Gasteiger partial charge on any atom is -0.345 e. The van der Waals surface area contributed by atoms with Crippen LogP contribution < -0.4 is 4.72 Å². The van der Waals surface area contributed by atoms with Crippen molar-refractivity contribution in [3.8, 4) is 0 Å². The number of hydrogen-bond donors (Lipinski definition) is 2. The average molecular weight is 415 g/mol. The van der Waals surface area contributed by atoms with E-state index in [1.165, 1.54) is 0 Å². The molecule has 0 unspecified atom stereocenters. The molecule has 3 aromatic heterocycles. The molecule has 3 aromatic rings. The normalized spacial score (nSPS) is 23.8. The summed E-state index contributed by atoms with van der Waals surface area (Å²) in [5.41, 5.74) is 3.25. The fourth-order valence-electron chi connectivity index (χ4n) is 4.07. The van der Waals surface area contributed by atoms with E-state index in [1.54, 1.807) is 18.6 Å². The van der Waals surface area contributed by atoms with Crippen LogP contribution in [0.25, 0.3) is 16.8 Å². The SMILES string of the molecule is C[C@@H]1C[C@H](NS(=O)(=O)CCC(F)(F)F)C[C@H]1c1cnc2cnc3[nH]ccc3n12. The fourth-order valence-corrected chi connectivity index (χ4v) is 5.39. The number of H-pyrrole nitrogens is 1. The lowest BCUT2D eigenvalue weighted by molar-refractivity contribution is -0.130. The van der Waals surface area contributed by atoms with Gasteiger partial charge in [0.15, 0.2) is 11.3 Å². The van der Waals surface area contributed by atoms with Crippen molar-refractivity contribution in [2.45, 2.75) is 44.3 Å². The lowest BCUT2D eigenvalue weighted by Crippen LogP contribution is -2.36. The van der Waals surface area contributed by atoms with E-state index >= 15 is 0 Å². The van der Waals surface area contributed by atoms with E-state index in [4.69, 9.17) is 0 Å². The fraction of sp³-hybridized carbons (Fsp3) is 0.529. The predicted molar refractivity (Wildman–Crippen MR) is 97.4 cm³/mol. The standard InChI is InChI=1S/C17H20F3N5O2S/c1-10-6-11(24-28(26,27)5-3-17(18,19)20)7-12(10)14-8-22-15-9-23-16-13(25(14)15)2-4-21-16/h2,4,8-12,21,24H,3,5-7H2,1H3/t10-,11+,12-/m1/s1. The van der Waals surface area contributed by atoms with Gasteiger partial charge in [-0.05, 0) is 24.8 Å². The topological polar surface area (TPSA) is 92.2 Å². The Labute approximate surface area is 159 Å². The molecular weight excluding hydrogens is 395 g/mol. The summed E-state index contributed by atoms with van der Waals surface area (Å²) in [4.78, 5) is 11.8. The van der Waals surface area contributed by atoms with Gasteiger partial charge in [-0.25, -0.2) is 23.1 Å². The first-order valence-electron chi connectivity index (χ1n) is 8.99. The largest absolute Gasteiger partial charge is 0.390 e. The van der Waals surface area contributed by atoms with E-state index in [-0.39, 0.29) is 11.8 Å². The van der Waals surface area contributed by atoms with Gasteiger partial charge >= 0.3 is 6.18 Å². The molecule has 0 spiro atoms. The molecule has 1 fully saturated rings. The predicted octanol–water partition coefficient (Wildman–Crippen LogP) is 2.96. The molecule has 0 aliphatic heterocycles. The maximum Gasteiger partial charge on any atom is 0.390 e. The molecule has 0 aromatic carbocycles. The van der Waals surface area contributed by atoms with Crippen LogP contribution in [0.2, 0.25) is 0 Å². The smallest absolute Gasteiger partial charge is 0.345 e. The number of aromatic amines is 1. The number of rotatable bonds is 5.